The lowest BCUT2D eigenvalue weighted by Crippen LogP contribution is -2.50. The van der Waals surface area contributed by atoms with E-state index in [4.69, 9.17) is 5.11 Å². The van der Waals surface area contributed by atoms with E-state index in [0.717, 1.165) is 6.42 Å². The van der Waals surface area contributed by atoms with Gasteiger partial charge in [0.1, 0.15) is 6.04 Å². The van der Waals surface area contributed by atoms with Crippen LogP contribution in [0.25, 0.3) is 0 Å². The van der Waals surface area contributed by atoms with Crippen LogP contribution in [0.2, 0.25) is 0 Å². The molecule has 0 bridgehead atoms. The van der Waals surface area contributed by atoms with Crippen molar-refractivity contribution in [2.24, 2.45) is 0 Å². The summed E-state index contributed by atoms with van der Waals surface area (Å²) in [7, 11) is 0. The topological polar surface area (TPSA) is 69.6 Å². The zero-order valence-electron chi connectivity index (χ0n) is 11.7. The minimum atomic E-state index is -4.25. The molecule has 0 spiro atoms. The van der Waals surface area contributed by atoms with Crippen molar-refractivity contribution in [3.63, 3.8) is 0 Å². The van der Waals surface area contributed by atoms with Crippen LogP contribution >= 0.6 is 11.8 Å². The largest absolute Gasteiger partial charge is 0.480 e. The first-order valence-corrected chi connectivity index (χ1v) is 7.78. The second kappa shape index (κ2) is 7.77. The lowest BCUT2D eigenvalue weighted by molar-refractivity contribution is -0.141. The third-order valence-electron chi connectivity index (χ3n) is 3.06. The molecule has 9 heteroatoms. The van der Waals surface area contributed by atoms with Gasteiger partial charge in [0.2, 0.25) is 0 Å². The number of amides is 2. The molecule has 1 fully saturated rings. The van der Waals surface area contributed by atoms with Gasteiger partial charge in [0.05, 0.1) is 5.37 Å². The first-order chi connectivity index (χ1) is 9.76. The second-order valence-corrected chi connectivity index (χ2v) is 6.00. The predicted octanol–water partition coefficient (Wildman–Crippen LogP) is 2.67. The van der Waals surface area contributed by atoms with Crippen molar-refractivity contribution < 1.29 is 27.9 Å². The Labute approximate surface area is 125 Å². The number of urea groups is 1. The van der Waals surface area contributed by atoms with Crippen molar-refractivity contribution >= 4 is 23.8 Å². The highest BCUT2D eigenvalue weighted by Crippen LogP contribution is 2.32. The van der Waals surface area contributed by atoms with Gasteiger partial charge in [0.25, 0.3) is 0 Å². The summed E-state index contributed by atoms with van der Waals surface area (Å²) in [5.74, 6) is -0.790. The summed E-state index contributed by atoms with van der Waals surface area (Å²) in [6, 6.07) is -1.53. The van der Waals surface area contributed by atoms with Crippen LogP contribution in [0.4, 0.5) is 18.0 Å². The van der Waals surface area contributed by atoms with E-state index >= 15 is 0 Å². The minimum absolute atomic E-state index is 0.120. The van der Waals surface area contributed by atoms with Crippen molar-refractivity contribution in [2.75, 3.05) is 12.3 Å². The van der Waals surface area contributed by atoms with Gasteiger partial charge in [-0.05, 0) is 12.8 Å². The van der Waals surface area contributed by atoms with Crippen molar-refractivity contribution in [1.82, 2.24) is 10.2 Å². The number of carboxylic acids is 1. The summed E-state index contributed by atoms with van der Waals surface area (Å²) in [5.41, 5.74) is 0. The molecule has 0 aromatic rings. The Morgan fingerprint density at radius 1 is 1.43 bits per heavy atom. The van der Waals surface area contributed by atoms with Crippen molar-refractivity contribution in [3.8, 4) is 0 Å². The molecule has 0 aromatic carbocycles. The molecule has 1 saturated heterocycles. The highest BCUT2D eigenvalue weighted by molar-refractivity contribution is 8.00. The quantitative estimate of drug-likeness (QED) is 0.736. The van der Waals surface area contributed by atoms with Crippen LogP contribution in [0.15, 0.2) is 0 Å². The normalized spacial score (nSPS) is 22.4. The summed E-state index contributed by atoms with van der Waals surface area (Å²) >= 11 is 1.39. The van der Waals surface area contributed by atoms with Gasteiger partial charge in [0, 0.05) is 18.7 Å². The lowest BCUT2D eigenvalue weighted by atomic mass is 10.2. The SMILES string of the molecule is CCCC1SCC(C(=O)O)N1C(=O)NCCCC(F)(F)F. The number of carbonyl (C=O) groups excluding carboxylic acids is 1. The van der Waals surface area contributed by atoms with E-state index in [9.17, 15) is 22.8 Å². The maximum Gasteiger partial charge on any atom is 0.389 e. The van der Waals surface area contributed by atoms with Crippen LogP contribution in [-0.2, 0) is 4.79 Å². The molecule has 2 unspecified atom stereocenters. The number of aliphatic carboxylic acids is 1. The molecule has 122 valence electrons. The fourth-order valence-electron chi connectivity index (χ4n) is 2.07. The van der Waals surface area contributed by atoms with Crippen molar-refractivity contribution in [1.29, 1.82) is 0 Å². The fourth-order valence-corrected chi connectivity index (χ4v) is 3.58. The van der Waals surface area contributed by atoms with Crippen molar-refractivity contribution in [2.45, 2.75) is 50.2 Å². The molecular formula is C12H19F3N2O3S. The average molecular weight is 328 g/mol. The summed E-state index contributed by atoms with van der Waals surface area (Å²) in [5, 5.41) is 11.3. The van der Waals surface area contributed by atoms with Gasteiger partial charge in [-0.1, -0.05) is 13.3 Å². The Morgan fingerprint density at radius 2 is 2.10 bits per heavy atom. The number of thioether (sulfide) groups is 1. The monoisotopic (exact) mass is 328 g/mol. The van der Waals surface area contributed by atoms with E-state index in [2.05, 4.69) is 5.32 Å². The van der Waals surface area contributed by atoms with Gasteiger partial charge < -0.3 is 10.4 Å². The maximum absolute atomic E-state index is 12.0. The van der Waals surface area contributed by atoms with Gasteiger partial charge in [-0.2, -0.15) is 13.2 Å². The summed E-state index contributed by atoms with van der Waals surface area (Å²) in [4.78, 5) is 24.4. The summed E-state index contributed by atoms with van der Waals surface area (Å²) in [6.07, 6.45) is -3.98. The van der Waals surface area contributed by atoms with E-state index in [1.807, 2.05) is 6.92 Å². The van der Waals surface area contributed by atoms with Gasteiger partial charge in [-0.15, -0.1) is 11.8 Å². The molecule has 21 heavy (non-hydrogen) atoms. The molecule has 0 radical (unpaired) electrons. The van der Waals surface area contributed by atoms with Crippen LogP contribution in [0.5, 0.6) is 0 Å². The zero-order chi connectivity index (χ0) is 16.0. The van der Waals surface area contributed by atoms with Crippen LogP contribution in [0.3, 0.4) is 0 Å². The van der Waals surface area contributed by atoms with E-state index < -0.39 is 30.6 Å². The number of alkyl halides is 3. The molecule has 0 aromatic heterocycles. The molecule has 1 aliphatic rings. The lowest BCUT2D eigenvalue weighted by Gasteiger charge is -2.27. The minimum Gasteiger partial charge on any atom is -0.480 e. The smallest absolute Gasteiger partial charge is 0.389 e. The molecule has 2 N–H and O–H groups in total. The Morgan fingerprint density at radius 3 is 2.62 bits per heavy atom. The van der Waals surface area contributed by atoms with Crippen LogP contribution in [0, 0.1) is 0 Å². The predicted molar refractivity (Wildman–Crippen MR) is 73.1 cm³/mol. The Balaban J connectivity index is 2.53. The van der Waals surface area contributed by atoms with E-state index in [0.29, 0.717) is 12.2 Å². The summed E-state index contributed by atoms with van der Waals surface area (Å²) in [6.45, 7) is 1.80. The fraction of sp³-hybridized carbons (Fsp3) is 0.833. The Bertz CT molecular complexity index is 379. The molecule has 1 rings (SSSR count). The first-order valence-electron chi connectivity index (χ1n) is 6.73. The molecule has 0 saturated carbocycles. The molecule has 5 nitrogen and oxygen atoms in total. The highest BCUT2D eigenvalue weighted by Gasteiger charge is 2.41. The molecule has 1 aliphatic heterocycles. The second-order valence-electron chi connectivity index (χ2n) is 4.79. The molecule has 0 aliphatic carbocycles. The molecule has 1 heterocycles. The third-order valence-corrected chi connectivity index (χ3v) is 4.42. The van der Waals surface area contributed by atoms with Gasteiger partial charge in [-0.3, -0.25) is 4.90 Å². The maximum atomic E-state index is 12.0. The number of hydrogen-bond acceptors (Lipinski definition) is 3. The van der Waals surface area contributed by atoms with Gasteiger partial charge in [-0.25, -0.2) is 9.59 Å². The number of rotatable bonds is 6. The van der Waals surface area contributed by atoms with Gasteiger partial charge in [0.15, 0.2) is 0 Å². The van der Waals surface area contributed by atoms with Crippen LogP contribution in [-0.4, -0.2) is 51.9 Å². The average Bonchev–Trinajstić information content (AvgIpc) is 2.77. The van der Waals surface area contributed by atoms with E-state index in [1.54, 1.807) is 0 Å². The number of nitrogens with zero attached hydrogens (tertiary/aromatic N) is 1. The Hall–Kier alpha value is -1.12. The highest BCUT2D eigenvalue weighted by atomic mass is 32.2. The molecule has 2 atom stereocenters. The standard InChI is InChI=1S/C12H19F3N2O3S/c1-2-4-9-17(8(7-21-9)10(18)19)11(20)16-6-3-5-12(13,14)15/h8-9H,2-7H2,1H3,(H,16,20)(H,18,19). The van der Waals surface area contributed by atoms with Crippen LogP contribution in [0.1, 0.15) is 32.6 Å². The number of carboxylic acid groups (broad SMARTS) is 1. The number of halogens is 3. The number of carbonyl (C=O) groups is 2. The van der Waals surface area contributed by atoms with Gasteiger partial charge >= 0.3 is 18.2 Å². The van der Waals surface area contributed by atoms with E-state index in [1.165, 1.54) is 16.7 Å². The third kappa shape index (κ3) is 5.64. The number of hydrogen-bond donors (Lipinski definition) is 2. The van der Waals surface area contributed by atoms with Crippen molar-refractivity contribution in [3.05, 3.63) is 0 Å². The van der Waals surface area contributed by atoms with E-state index in [-0.39, 0.29) is 18.3 Å². The molecular weight excluding hydrogens is 309 g/mol. The first kappa shape index (κ1) is 17.9. The Kier molecular flexibility index (Phi) is 6.63. The number of nitrogens with one attached hydrogen (secondary N) is 1. The van der Waals surface area contributed by atoms with Crippen LogP contribution < -0.4 is 5.32 Å². The zero-order valence-corrected chi connectivity index (χ0v) is 12.5. The summed E-state index contributed by atoms with van der Waals surface area (Å²) < 4.78 is 36.0. The molecule has 2 amide bonds.